The lowest BCUT2D eigenvalue weighted by Gasteiger charge is -2.02. The zero-order valence-electron chi connectivity index (χ0n) is 8.01. The van der Waals surface area contributed by atoms with Crippen molar-refractivity contribution in [1.82, 2.24) is 0 Å². The summed E-state index contributed by atoms with van der Waals surface area (Å²) in [6.07, 6.45) is -0.299. The second kappa shape index (κ2) is 6.33. The molecule has 0 radical (unpaired) electrons. The smallest absolute Gasteiger partial charge is 0.311 e. The van der Waals surface area contributed by atoms with E-state index in [1.54, 1.807) is 0 Å². The van der Waals surface area contributed by atoms with Gasteiger partial charge in [-0.1, -0.05) is 0 Å². The lowest BCUT2D eigenvalue weighted by Crippen LogP contribution is -2.17. The Morgan fingerprint density at radius 3 is 2.40 bits per heavy atom. The largest absolute Gasteiger partial charge is 0.371 e. The molecule has 0 aliphatic carbocycles. The Morgan fingerprint density at radius 1 is 1.27 bits per heavy atom. The molecule has 0 aromatic heterocycles. The maximum atomic E-state index is 11.0. The Labute approximate surface area is 85.6 Å². The highest BCUT2D eigenvalue weighted by atomic mass is 16.6. The molecule has 0 bridgehead atoms. The maximum absolute atomic E-state index is 11.0. The summed E-state index contributed by atoms with van der Waals surface area (Å²) in [5, 5.41) is 2.14. The minimum Gasteiger partial charge on any atom is -0.371 e. The third kappa shape index (κ3) is 5.31. The van der Waals surface area contributed by atoms with Gasteiger partial charge in [0.05, 0.1) is 19.8 Å². The van der Waals surface area contributed by atoms with Crippen LogP contribution in [0.25, 0.3) is 0 Å². The van der Waals surface area contributed by atoms with Gasteiger partial charge in [-0.3, -0.25) is 9.59 Å². The Balaban J connectivity index is 1.86. The number of carbonyl (C=O) groups is 2. The van der Waals surface area contributed by atoms with Crippen LogP contribution < -0.4 is 0 Å². The number of Topliss-reactive ketones (excluding diaryl/α,β-unsaturated/α-hetero) is 1. The van der Waals surface area contributed by atoms with Crippen molar-refractivity contribution >= 4 is 11.7 Å². The van der Waals surface area contributed by atoms with Gasteiger partial charge in [0.1, 0.15) is 19.3 Å². The van der Waals surface area contributed by atoms with Gasteiger partial charge in [-0.15, -0.1) is 4.91 Å². The number of amides is 1. The van der Waals surface area contributed by atoms with Crippen molar-refractivity contribution in [2.75, 3.05) is 33.0 Å². The number of hydrogen-bond acceptors (Lipinski definition) is 6. The van der Waals surface area contributed by atoms with E-state index in [0.717, 1.165) is 0 Å². The molecule has 1 aliphatic heterocycles. The Morgan fingerprint density at radius 2 is 1.87 bits per heavy atom. The molecule has 1 fully saturated rings. The normalized spacial score (nSPS) is 18.5. The second-order valence-corrected chi connectivity index (χ2v) is 2.88. The van der Waals surface area contributed by atoms with Crippen LogP contribution >= 0.6 is 0 Å². The molecule has 15 heavy (non-hydrogen) atoms. The topological polar surface area (TPSA) is 94.6 Å². The predicted octanol–water partition coefficient (Wildman–Crippen LogP) is -0.720. The Kier molecular flexibility index (Phi) is 5.02. The molecule has 0 spiro atoms. The van der Waals surface area contributed by atoms with Gasteiger partial charge < -0.3 is 14.2 Å². The van der Waals surface area contributed by atoms with Crippen molar-refractivity contribution < 1.29 is 23.8 Å². The molecule has 0 N–H and O–H groups in total. The molecule has 0 aromatic rings. The highest BCUT2D eigenvalue weighted by Gasteiger charge is 2.30. The monoisotopic (exact) mass is 217 g/mol. The fourth-order valence-electron chi connectivity index (χ4n) is 0.803. The molecule has 1 rings (SSSR count). The minimum absolute atomic E-state index is 0.0199. The minimum atomic E-state index is -0.863. The van der Waals surface area contributed by atoms with Crippen LogP contribution in [-0.2, 0) is 23.8 Å². The highest BCUT2D eigenvalue weighted by molar-refractivity contribution is 5.86. The summed E-state index contributed by atoms with van der Waals surface area (Å²) in [4.78, 5) is 31.0. The Bertz CT molecular complexity index is 250. The first kappa shape index (κ1) is 11.9. The SMILES string of the molecule is O=NC(=O)COCCOCC(=O)C1CO1. The van der Waals surface area contributed by atoms with Crippen molar-refractivity contribution in [3.05, 3.63) is 4.91 Å². The van der Waals surface area contributed by atoms with Crippen LogP contribution in [0.3, 0.4) is 0 Å². The summed E-state index contributed by atoms with van der Waals surface area (Å²) in [7, 11) is 0. The summed E-state index contributed by atoms with van der Waals surface area (Å²) in [6, 6.07) is 0. The van der Waals surface area contributed by atoms with Gasteiger partial charge in [0.25, 0.3) is 0 Å². The van der Waals surface area contributed by atoms with Gasteiger partial charge >= 0.3 is 5.91 Å². The summed E-state index contributed by atoms with van der Waals surface area (Å²) in [5.74, 6) is -0.960. The molecule has 1 unspecified atom stereocenters. The number of ether oxygens (including phenoxy) is 3. The predicted molar refractivity (Wildman–Crippen MR) is 47.2 cm³/mol. The molecule has 1 saturated heterocycles. The number of nitroso groups, excluding NO2 is 1. The van der Waals surface area contributed by atoms with E-state index in [9.17, 15) is 14.5 Å². The number of hydrogen-bond donors (Lipinski definition) is 0. The first-order chi connectivity index (χ1) is 7.24. The van der Waals surface area contributed by atoms with E-state index < -0.39 is 5.91 Å². The summed E-state index contributed by atoms with van der Waals surface area (Å²) in [6.45, 7) is 0.420. The fourth-order valence-corrected chi connectivity index (χ4v) is 0.803. The van der Waals surface area contributed by atoms with Crippen LogP contribution in [0.4, 0.5) is 0 Å². The van der Waals surface area contributed by atoms with Gasteiger partial charge in [0.15, 0.2) is 5.78 Å². The van der Waals surface area contributed by atoms with Crippen LogP contribution in [0.5, 0.6) is 0 Å². The van der Waals surface area contributed by atoms with Crippen LogP contribution in [-0.4, -0.2) is 50.8 Å². The van der Waals surface area contributed by atoms with E-state index in [0.29, 0.717) is 6.61 Å². The summed E-state index contributed by atoms with van der Waals surface area (Å²) in [5.41, 5.74) is 0. The van der Waals surface area contributed by atoms with E-state index in [4.69, 9.17) is 14.2 Å². The van der Waals surface area contributed by atoms with Crippen LogP contribution in [0, 0.1) is 4.91 Å². The number of rotatable bonds is 8. The van der Waals surface area contributed by atoms with Crippen molar-refractivity contribution in [2.45, 2.75) is 6.10 Å². The molecule has 1 amide bonds. The van der Waals surface area contributed by atoms with Crippen LogP contribution in [0.15, 0.2) is 5.18 Å². The molecule has 7 heteroatoms. The number of ketones is 1. The van der Waals surface area contributed by atoms with Crippen molar-refractivity contribution in [3.8, 4) is 0 Å². The van der Waals surface area contributed by atoms with Gasteiger partial charge in [0.2, 0.25) is 0 Å². The third-order valence-electron chi connectivity index (χ3n) is 1.64. The lowest BCUT2D eigenvalue weighted by molar-refractivity contribution is -0.127. The standard InChI is InChI=1S/C8H11NO6/c10-6(7-4-15-7)3-13-1-2-14-5-8(11)9-12/h7H,1-5H2. The summed E-state index contributed by atoms with van der Waals surface area (Å²) < 4.78 is 14.4. The number of epoxide rings is 1. The summed E-state index contributed by atoms with van der Waals surface area (Å²) >= 11 is 0. The number of nitrogens with zero attached hydrogens (tertiary/aromatic N) is 1. The van der Waals surface area contributed by atoms with Crippen molar-refractivity contribution in [3.63, 3.8) is 0 Å². The molecule has 0 aromatic carbocycles. The van der Waals surface area contributed by atoms with Gasteiger partial charge in [-0.2, -0.15) is 0 Å². The first-order valence-corrected chi connectivity index (χ1v) is 4.40. The van der Waals surface area contributed by atoms with Gasteiger partial charge in [-0.05, 0) is 0 Å². The van der Waals surface area contributed by atoms with Crippen LogP contribution in [0.1, 0.15) is 0 Å². The van der Waals surface area contributed by atoms with E-state index >= 15 is 0 Å². The average Bonchev–Trinajstić information content (AvgIpc) is 3.05. The van der Waals surface area contributed by atoms with E-state index in [2.05, 4.69) is 5.18 Å². The van der Waals surface area contributed by atoms with Crippen molar-refractivity contribution in [2.24, 2.45) is 5.18 Å². The third-order valence-corrected chi connectivity index (χ3v) is 1.64. The van der Waals surface area contributed by atoms with E-state index in [1.165, 1.54) is 0 Å². The van der Waals surface area contributed by atoms with E-state index in [1.807, 2.05) is 0 Å². The van der Waals surface area contributed by atoms with Gasteiger partial charge in [0, 0.05) is 5.18 Å². The average molecular weight is 217 g/mol. The van der Waals surface area contributed by atoms with Crippen LogP contribution in [0.2, 0.25) is 0 Å². The maximum Gasteiger partial charge on any atom is 0.311 e. The quantitative estimate of drug-likeness (QED) is 0.302. The molecule has 1 heterocycles. The first-order valence-electron chi connectivity index (χ1n) is 4.40. The second-order valence-electron chi connectivity index (χ2n) is 2.88. The fraction of sp³-hybridized carbons (Fsp3) is 0.750. The molecule has 84 valence electrons. The van der Waals surface area contributed by atoms with E-state index in [-0.39, 0.29) is 38.3 Å². The Hall–Kier alpha value is -1.18. The highest BCUT2D eigenvalue weighted by Crippen LogP contribution is 2.09. The van der Waals surface area contributed by atoms with Crippen molar-refractivity contribution in [1.29, 1.82) is 0 Å². The molecule has 1 atom stereocenters. The van der Waals surface area contributed by atoms with Gasteiger partial charge in [-0.25, -0.2) is 0 Å². The molecule has 0 saturated carbocycles. The molecule has 1 aliphatic rings. The zero-order chi connectivity index (χ0) is 11.1. The molecular weight excluding hydrogens is 206 g/mol. The molecular formula is C8H11NO6. The number of carbonyl (C=O) groups excluding carboxylic acids is 2. The lowest BCUT2D eigenvalue weighted by atomic mass is 10.3. The molecule has 7 nitrogen and oxygen atoms in total. The zero-order valence-corrected chi connectivity index (χ0v) is 8.01.